The number of aryl methyl sites for hydroxylation is 1. The molecule has 0 radical (unpaired) electrons. The van der Waals surface area contributed by atoms with Crippen LogP contribution in [0.25, 0.3) is 0 Å². The Balaban J connectivity index is 1.44. The van der Waals surface area contributed by atoms with Crippen LogP contribution in [0.4, 0.5) is 10.5 Å². The van der Waals surface area contributed by atoms with Crippen molar-refractivity contribution in [3.05, 3.63) is 53.5 Å². The normalized spacial score (nSPS) is 13.0. The first-order chi connectivity index (χ1) is 12.5. The topological polar surface area (TPSA) is 112 Å². The van der Waals surface area contributed by atoms with Crippen molar-refractivity contribution in [3.8, 4) is 0 Å². The number of urea groups is 1. The van der Waals surface area contributed by atoms with E-state index in [0.29, 0.717) is 17.0 Å². The number of anilines is 1. The van der Waals surface area contributed by atoms with Crippen molar-refractivity contribution in [3.63, 3.8) is 0 Å². The van der Waals surface area contributed by atoms with Crippen molar-refractivity contribution < 1.29 is 18.8 Å². The first-order valence-electron chi connectivity index (χ1n) is 8.31. The minimum atomic E-state index is -0.549. The molecule has 4 N–H and O–H groups in total. The average Bonchev–Trinajstić information content (AvgIpc) is 3.40. The van der Waals surface area contributed by atoms with Gasteiger partial charge < -0.3 is 15.1 Å². The molecule has 4 amide bonds. The number of amides is 4. The van der Waals surface area contributed by atoms with E-state index in [4.69, 9.17) is 4.42 Å². The quantitative estimate of drug-likeness (QED) is 0.614. The Morgan fingerprint density at radius 2 is 1.96 bits per heavy atom. The van der Waals surface area contributed by atoms with E-state index in [2.05, 4.69) is 21.5 Å². The molecule has 0 spiro atoms. The summed E-state index contributed by atoms with van der Waals surface area (Å²) in [7, 11) is 0. The number of carbonyl (C=O) groups excluding carboxylic acids is 3. The number of nitrogens with one attached hydrogen (secondary N) is 4. The highest BCUT2D eigenvalue weighted by Crippen LogP contribution is 2.30. The second-order valence-corrected chi connectivity index (χ2v) is 6.12. The minimum Gasteiger partial charge on any atom is -0.469 e. The van der Waals surface area contributed by atoms with Crippen molar-refractivity contribution in [1.29, 1.82) is 0 Å². The van der Waals surface area contributed by atoms with Crippen molar-refractivity contribution in [2.75, 3.05) is 5.32 Å². The maximum Gasteiger partial charge on any atom is 0.333 e. The van der Waals surface area contributed by atoms with Crippen molar-refractivity contribution in [2.45, 2.75) is 26.3 Å². The average molecular weight is 356 g/mol. The molecule has 0 aliphatic heterocycles. The van der Waals surface area contributed by atoms with E-state index < -0.39 is 11.9 Å². The van der Waals surface area contributed by atoms with Gasteiger partial charge in [0.25, 0.3) is 5.91 Å². The molecule has 8 nitrogen and oxygen atoms in total. The van der Waals surface area contributed by atoms with Gasteiger partial charge in [-0.25, -0.2) is 10.2 Å². The number of hydrazine groups is 1. The summed E-state index contributed by atoms with van der Waals surface area (Å²) >= 11 is 0. The van der Waals surface area contributed by atoms with Gasteiger partial charge in [-0.2, -0.15) is 0 Å². The molecule has 0 bridgehead atoms. The number of carbonyl (C=O) groups is 3. The molecule has 1 heterocycles. The Morgan fingerprint density at radius 3 is 2.65 bits per heavy atom. The summed E-state index contributed by atoms with van der Waals surface area (Å²) in [5, 5.41) is 5.49. The van der Waals surface area contributed by atoms with Gasteiger partial charge in [-0.1, -0.05) is 12.1 Å². The molecular formula is C18H20N4O4. The molecule has 8 heteroatoms. The van der Waals surface area contributed by atoms with Crippen molar-refractivity contribution in [1.82, 2.24) is 16.2 Å². The van der Waals surface area contributed by atoms with E-state index >= 15 is 0 Å². The summed E-state index contributed by atoms with van der Waals surface area (Å²) in [6.45, 7) is 1.91. The Bertz CT molecular complexity index is 826. The molecule has 2 aromatic rings. The number of hydrogen-bond acceptors (Lipinski definition) is 4. The SMILES string of the molecule is Cc1occc1C(=O)NNC(=O)NCc1cccc(NC(=O)C2CC2)c1. The summed E-state index contributed by atoms with van der Waals surface area (Å²) < 4.78 is 5.04. The molecule has 1 aliphatic carbocycles. The van der Waals surface area contributed by atoms with Crippen LogP contribution < -0.4 is 21.5 Å². The van der Waals surface area contributed by atoms with Crippen LogP contribution in [0.2, 0.25) is 0 Å². The summed E-state index contributed by atoms with van der Waals surface area (Å²) in [6, 6.07) is 8.21. The zero-order valence-electron chi connectivity index (χ0n) is 14.3. The van der Waals surface area contributed by atoms with E-state index in [9.17, 15) is 14.4 Å². The molecule has 136 valence electrons. The summed E-state index contributed by atoms with van der Waals surface area (Å²) in [6.07, 6.45) is 3.29. The third-order valence-corrected chi connectivity index (χ3v) is 3.99. The molecule has 3 rings (SSSR count). The zero-order chi connectivity index (χ0) is 18.5. The summed E-state index contributed by atoms with van der Waals surface area (Å²) in [5.41, 5.74) is 6.45. The van der Waals surface area contributed by atoms with Crippen LogP contribution >= 0.6 is 0 Å². The number of rotatable bonds is 5. The predicted molar refractivity (Wildman–Crippen MR) is 94.1 cm³/mol. The van der Waals surface area contributed by atoms with Gasteiger partial charge in [-0.3, -0.25) is 15.0 Å². The lowest BCUT2D eigenvalue weighted by molar-refractivity contribution is -0.117. The molecule has 0 unspecified atom stereocenters. The maximum absolute atomic E-state index is 11.9. The zero-order valence-corrected chi connectivity index (χ0v) is 14.3. The van der Waals surface area contributed by atoms with Crippen LogP contribution in [0.1, 0.15) is 34.5 Å². The lowest BCUT2D eigenvalue weighted by Crippen LogP contribution is -2.46. The first kappa shape index (κ1) is 17.5. The van der Waals surface area contributed by atoms with Crippen LogP contribution in [0, 0.1) is 12.8 Å². The predicted octanol–water partition coefficient (Wildman–Crippen LogP) is 2.08. The third-order valence-electron chi connectivity index (χ3n) is 3.99. The maximum atomic E-state index is 11.9. The molecule has 1 fully saturated rings. The summed E-state index contributed by atoms with van der Waals surface area (Å²) in [5.74, 6) is 0.168. The van der Waals surface area contributed by atoms with E-state index in [1.54, 1.807) is 25.1 Å². The largest absolute Gasteiger partial charge is 0.469 e. The monoisotopic (exact) mass is 356 g/mol. The molecule has 1 saturated carbocycles. The van der Waals surface area contributed by atoms with Crippen LogP contribution in [0.5, 0.6) is 0 Å². The molecule has 0 saturated heterocycles. The highest BCUT2D eigenvalue weighted by Gasteiger charge is 2.29. The fourth-order valence-electron chi connectivity index (χ4n) is 2.38. The molecule has 26 heavy (non-hydrogen) atoms. The van der Waals surface area contributed by atoms with Crippen molar-refractivity contribution >= 4 is 23.5 Å². The lowest BCUT2D eigenvalue weighted by Gasteiger charge is -2.10. The third kappa shape index (κ3) is 4.62. The van der Waals surface area contributed by atoms with Gasteiger partial charge in [-0.05, 0) is 43.5 Å². The Kier molecular flexibility index (Phi) is 5.21. The van der Waals surface area contributed by atoms with Gasteiger partial charge in [0.1, 0.15) is 5.76 Å². The van der Waals surface area contributed by atoms with E-state index in [0.717, 1.165) is 18.4 Å². The second kappa shape index (κ2) is 7.73. The van der Waals surface area contributed by atoms with Gasteiger partial charge >= 0.3 is 6.03 Å². The van der Waals surface area contributed by atoms with Crippen LogP contribution in [-0.2, 0) is 11.3 Å². The number of hydrogen-bond donors (Lipinski definition) is 4. The van der Waals surface area contributed by atoms with E-state index in [-0.39, 0.29) is 18.4 Å². The summed E-state index contributed by atoms with van der Waals surface area (Å²) in [4.78, 5) is 35.4. The molecule has 1 aliphatic rings. The Morgan fingerprint density at radius 1 is 1.15 bits per heavy atom. The van der Waals surface area contributed by atoms with E-state index in [1.165, 1.54) is 12.3 Å². The lowest BCUT2D eigenvalue weighted by atomic mass is 10.2. The van der Waals surface area contributed by atoms with Gasteiger partial charge in [0.05, 0.1) is 11.8 Å². The first-order valence-corrected chi connectivity index (χ1v) is 8.31. The van der Waals surface area contributed by atoms with E-state index in [1.807, 2.05) is 6.07 Å². The van der Waals surface area contributed by atoms with Gasteiger partial charge in [-0.15, -0.1) is 0 Å². The second-order valence-electron chi connectivity index (χ2n) is 6.12. The highest BCUT2D eigenvalue weighted by molar-refractivity contribution is 5.96. The van der Waals surface area contributed by atoms with Crippen molar-refractivity contribution in [2.24, 2.45) is 5.92 Å². The number of furan rings is 1. The fraction of sp³-hybridized carbons (Fsp3) is 0.278. The van der Waals surface area contributed by atoms with Crippen LogP contribution in [0.3, 0.4) is 0 Å². The molecular weight excluding hydrogens is 336 g/mol. The molecule has 0 atom stereocenters. The van der Waals surface area contributed by atoms with Gasteiger partial charge in [0, 0.05) is 18.2 Å². The minimum absolute atomic E-state index is 0.0325. The number of benzene rings is 1. The fourth-order valence-corrected chi connectivity index (χ4v) is 2.38. The smallest absolute Gasteiger partial charge is 0.333 e. The Hall–Kier alpha value is -3.29. The Labute approximate surface area is 150 Å². The molecule has 1 aromatic carbocycles. The highest BCUT2D eigenvalue weighted by atomic mass is 16.3. The standard InChI is InChI=1S/C18H20N4O4/c1-11-15(7-8-26-11)17(24)21-22-18(25)19-10-12-3-2-4-14(9-12)20-16(23)13-5-6-13/h2-4,7-9,13H,5-6,10H2,1H3,(H,20,23)(H,21,24)(H2,19,22,25). The molecule has 1 aromatic heterocycles. The van der Waals surface area contributed by atoms with Gasteiger partial charge in [0.2, 0.25) is 5.91 Å². The van der Waals surface area contributed by atoms with Gasteiger partial charge in [0.15, 0.2) is 0 Å². The van der Waals surface area contributed by atoms with Crippen LogP contribution in [-0.4, -0.2) is 17.8 Å². The van der Waals surface area contributed by atoms with Crippen LogP contribution in [0.15, 0.2) is 41.0 Å².